The predicted molar refractivity (Wildman–Crippen MR) is 181 cm³/mol. The minimum atomic E-state index is 0.00573. The van der Waals surface area contributed by atoms with Crippen LogP contribution in [0.2, 0.25) is 10.0 Å². The monoisotopic (exact) mass is 632 g/mol. The van der Waals surface area contributed by atoms with Crippen LogP contribution in [-0.4, -0.2) is 62.7 Å². The van der Waals surface area contributed by atoms with Crippen molar-refractivity contribution in [3.8, 4) is 5.75 Å². The van der Waals surface area contributed by atoms with Gasteiger partial charge >= 0.3 is 0 Å². The predicted octanol–water partition coefficient (Wildman–Crippen LogP) is 6.66. The summed E-state index contributed by atoms with van der Waals surface area (Å²) < 4.78 is 5.58. The van der Waals surface area contributed by atoms with Gasteiger partial charge in [0.15, 0.2) is 0 Å². The van der Waals surface area contributed by atoms with Crippen molar-refractivity contribution in [2.45, 2.75) is 63.7 Å². The summed E-state index contributed by atoms with van der Waals surface area (Å²) in [6.07, 6.45) is 4.91. The van der Waals surface area contributed by atoms with Gasteiger partial charge in [0.25, 0.3) is 5.91 Å². The molecule has 3 aromatic carbocycles. The average Bonchev–Trinajstić information content (AvgIpc) is 3.87. The Morgan fingerprint density at radius 3 is 2.59 bits per heavy atom. The maximum atomic E-state index is 14.5. The third kappa shape index (κ3) is 6.79. The van der Waals surface area contributed by atoms with Gasteiger partial charge in [0.2, 0.25) is 0 Å². The molecule has 1 saturated carbocycles. The maximum Gasteiger partial charge on any atom is 0.252 e. The molecule has 2 heterocycles. The number of rotatable bonds is 11. The molecule has 0 aromatic heterocycles. The van der Waals surface area contributed by atoms with E-state index in [4.69, 9.17) is 27.9 Å². The van der Waals surface area contributed by atoms with Gasteiger partial charge in [-0.15, -0.1) is 0 Å². The Kier molecular flexibility index (Phi) is 9.53. The summed E-state index contributed by atoms with van der Waals surface area (Å²) in [4.78, 5) is 18.8. The molecule has 2 N–H and O–H groups in total. The summed E-state index contributed by atoms with van der Waals surface area (Å²) >= 11 is 12.6. The lowest BCUT2D eigenvalue weighted by Crippen LogP contribution is -2.60. The van der Waals surface area contributed by atoms with Gasteiger partial charge in [-0.05, 0) is 91.1 Å². The van der Waals surface area contributed by atoms with Gasteiger partial charge in [-0.1, -0.05) is 59.6 Å². The van der Waals surface area contributed by atoms with Gasteiger partial charge in [0.05, 0.1) is 23.9 Å². The van der Waals surface area contributed by atoms with E-state index in [1.165, 1.54) is 11.1 Å². The highest BCUT2D eigenvalue weighted by molar-refractivity contribution is 6.35. The number of carbonyl (C=O) groups is 1. The Morgan fingerprint density at radius 2 is 1.84 bits per heavy atom. The third-order valence-electron chi connectivity index (χ3n) is 9.32. The number of methoxy groups -OCH3 is 1. The SMILES string of the molecule is COc1cccc(CN(C(=O)C2=C(c3ccc(CCCN(C)c4cc(Cl)ccc4Cl)cc3)C[C@H]3CNC[C@H]2N3)C2CC2)c1C. The number of nitrogens with zero attached hydrogens (tertiary/aromatic N) is 2. The van der Waals surface area contributed by atoms with Crippen LogP contribution in [0.4, 0.5) is 5.69 Å². The van der Waals surface area contributed by atoms with Crippen molar-refractivity contribution >= 4 is 40.4 Å². The number of piperazine rings is 1. The molecule has 2 atom stereocenters. The first kappa shape index (κ1) is 31.0. The summed E-state index contributed by atoms with van der Waals surface area (Å²) in [6, 6.07) is 21.2. The summed E-state index contributed by atoms with van der Waals surface area (Å²) in [5.74, 6) is 1.03. The lowest BCUT2D eigenvalue weighted by molar-refractivity contribution is -0.128. The standard InChI is InChI=1S/C36H42Cl2N4O2/c1-23-26(7-4-8-34(23)44-3)22-42(29-14-15-29)36(43)35-30(19-28-20-39-21-32(35)40-28)25-11-9-24(10-12-25)6-5-17-41(2)33-18-27(37)13-16-31(33)38/h4,7-13,16,18,28-29,32,39-40H,5-6,14-15,17,19-22H2,1-3H3/t28-,32+/m0/s1. The van der Waals surface area contributed by atoms with Crippen molar-refractivity contribution in [1.82, 2.24) is 15.5 Å². The van der Waals surface area contributed by atoms with Crippen LogP contribution in [0.5, 0.6) is 5.75 Å². The van der Waals surface area contributed by atoms with E-state index in [1.807, 2.05) is 30.3 Å². The average molecular weight is 634 g/mol. The number of amides is 1. The van der Waals surface area contributed by atoms with Crippen LogP contribution in [0.1, 0.15) is 47.9 Å². The zero-order chi connectivity index (χ0) is 30.8. The number of fused-ring (bicyclic) bond motifs is 2. The number of carbonyl (C=O) groups excluding carboxylic acids is 1. The van der Waals surface area contributed by atoms with Crippen molar-refractivity contribution < 1.29 is 9.53 Å². The summed E-state index contributed by atoms with van der Waals surface area (Å²) in [5.41, 5.74) is 7.76. The number of anilines is 1. The first-order chi connectivity index (χ1) is 21.3. The second-order valence-corrected chi connectivity index (χ2v) is 13.2. The molecule has 3 aromatic rings. The molecule has 2 aliphatic heterocycles. The van der Waals surface area contributed by atoms with Gasteiger partial charge in [0, 0.05) is 55.9 Å². The smallest absolute Gasteiger partial charge is 0.252 e. The first-order valence-corrected chi connectivity index (χ1v) is 16.5. The van der Waals surface area contributed by atoms with Crippen LogP contribution in [0, 0.1) is 6.92 Å². The molecule has 2 fully saturated rings. The molecule has 44 heavy (non-hydrogen) atoms. The molecule has 232 valence electrons. The van der Waals surface area contributed by atoms with E-state index in [0.717, 1.165) is 85.4 Å². The minimum Gasteiger partial charge on any atom is -0.496 e. The van der Waals surface area contributed by atoms with Crippen LogP contribution >= 0.6 is 23.2 Å². The molecule has 1 aliphatic carbocycles. The van der Waals surface area contributed by atoms with E-state index < -0.39 is 0 Å². The maximum absolute atomic E-state index is 14.5. The third-order valence-corrected chi connectivity index (χ3v) is 9.87. The fraction of sp³-hybridized carbons (Fsp3) is 0.417. The Labute approximate surface area is 271 Å². The number of aryl methyl sites for hydroxylation is 1. The molecule has 6 rings (SSSR count). The fourth-order valence-corrected chi connectivity index (χ4v) is 7.10. The molecule has 2 bridgehead atoms. The van der Waals surface area contributed by atoms with Crippen molar-refractivity contribution in [3.05, 3.63) is 98.5 Å². The molecule has 3 aliphatic rings. The number of hydrogen-bond acceptors (Lipinski definition) is 5. The topological polar surface area (TPSA) is 56.8 Å². The van der Waals surface area contributed by atoms with Crippen molar-refractivity contribution in [3.63, 3.8) is 0 Å². The molecular formula is C36H42Cl2N4O2. The molecule has 0 unspecified atom stereocenters. The number of halogens is 2. The fourth-order valence-electron chi connectivity index (χ4n) is 6.67. The Bertz CT molecular complexity index is 1540. The largest absolute Gasteiger partial charge is 0.496 e. The quantitative estimate of drug-likeness (QED) is 0.248. The van der Waals surface area contributed by atoms with Gasteiger partial charge in [0.1, 0.15) is 5.75 Å². The number of nitrogens with one attached hydrogen (secondary N) is 2. The highest BCUT2D eigenvalue weighted by atomic mass is 35.5. The van der Waals surface area contributed by atoms with E-state index in [-0.39, 0.29) is 11.9 Å². The molecule has 1 amide bonds. The Balaban J connectivity index is 1.21. The van der Waals surface area contributed by atoms with Gasteiger partial charge in [-0.3, -0.25) is 4.79 Å². The lowest BCUT2D eigenvalue weighted by Gasteiger charge is -2.41. The van der Waals surface area contributed by atoms with Crippen molar-refractivity contribution in [1.29, 1.82) is 0 Å². The van der Waals surface area contributed by atoms with E-state index >= 15 is 0 Å². The van der Waals surface area contributed by atoms with E-state index in [1.54, 1.807) is 7.11 Å². The van der Waals surface area contributed by atoms with Crippen molar-refractivity contribution in [2.75, 3.05) is 38.7 Å². The summed E-state index contributed by atoms with van der Waals surface area (Å²) in [7, 11) is 3.75. The lowest BCUT2D eigenvalue weighted by atomic mass is 9.83. The Morgan fingerprint density at radius 1 is 1.05 bits per heavy atom. The highest BCUT2D eigenvalue weighted by Crippen LogP contribution is 2.37. The Hall–Kier alpha value is -3.03. The van der Waals surface area contributed by atoms with Crippen molar-refractivity contribution in [2.24, 2.45) is 0 Å². The second kappa shape index (κ2) is 13.5. The van der Waals surface area contributed by atoms with Gasteiger partial charge < -0.3 is 25.2 Å². The van der Waals surface area contributed by atoms with Crippen LogP contribution in [-0.2, 0) is 17.8 Å². The molecule has 8 heteroatoms. The zero-order valence-corrected chi connectivity index (χ0v) is 27.3. The second-order valence-electron chi connectivity index (χ2n) is 12.4. The molecule has 1 saturated heterocycles. The van der Waals surface area contributed by atoms with Crippen LogP contribution in [0.25, 0.3) is 5.57 Å². The van der Waals surface area contributed by atoms with Crippen LogP contribution in [0.15, 0.2) is 66.2 Å². The normalized spacial score (nSPS) is 19.6. The molecule has 0 spiro atoms. The van der Waals surface area contributed by atoms with Crippen LogP contribution in [0.3, 0.4) is 0 Å². The highest BCUT2D eigenvalue weighted by Gasteiger charge is 2.41. The number of benzene rings is 3. The zero-order valence-electron chi connectivity index (χ0n) is 25.8. The van der Waals surface area contributed by atoms with E-state index in [9.17, 15) is 4.79 Å². The first-order valence-electron chi connectivity index (χ1n) is 15.7. The minimum absolute atomic E-state index is 0.00573. The molecule has 6 nitrogen and oxygen atoms in total. The number of ether oxygens (including phenoxy) is 1. The number of hydrogen-bond donors (Lipinski definition) is 2. The van der Waals surface area contributed by atoms with Gasteiger partial charge in [-0.2, -0.15) is 0 Å². The van der Waals surface area contributed by atoms with Gasteiger partial charge in [-0.25, -0.2) is 0 Å². The van der Waals surface area contributed by atoms with Crippen LogP contribution < -0.4 is 20.3 Å². The van der Waals surface area contributed by atoms with E-state index in [2.05, 4.69) is 64.7 Å². The molecule has 0 radical (unpaired) electrons. The molecular weight excluding hydrogens is 591 g/mol. The summed E-state index contributed by atoms with van der Waals surface area (Å²) in [6.45, 7) is 5.23. The van der Waals surface area contributed by atoms with E-state index in [0.29, 0.717) is 28.7 Å². The summed E-state index contributed by atoms with van der Waals surface area (Å²) in [5, 5.41) is 8.71.